The van der Waals surface area contributed by atoms with Gasteiger partial charge in [-0.15, -0.1) is 0 Å². The van der Waals surface area contributed by atoms with Crippen LogP contribution in [0.4, 0.5) is 5.82 Å². The second-order valence-electron chi connectivity index (χ2n) is 7.67. The van der Waals surface area contributed by atoms with Crippen molar-refractivity contribution in [1.29, 1.82) is 5.26 Å². The maximum absolute atomic E-state index is 13.2. The Balaban J connectivity index is 1.95. The first-order chi connectivity index (χ1) is 12.8. The first-order valence-corrected chi connectivity index (χ1v) is 8.98. The Morgan fingerprint density at radius 2 is 2.33 bits per heavy atom. The topological polar surface area (TPSA) is 106 Å². The largest absolute Gasteiger partial charge is 0.336 e. The molecule has 2 aliphatic rings. The predicted octanol–water partition coefficient (Wildman–Crippen LogP) is 0.899. The number of rotatable bonds is 5. The zero-order chi connectivity index (χ0) is 19.8. The van der Waals surface area contributed by atoms with Gasteiger partial charge >= 0.3 is 0 Å². The number of nitriles is 1. The van der Waals surface area contributed by atoms with Crippen molar-refractivity contribution in [2.24, 2.45) is 5.92 Å². The van der Waals surface area contributed by atoms with Crippen LogP contribution in [0.1, 0.15) is 32.3 Å². The lowest BCUT2D eigenvalue weighted by Gasteiger charge is -2.31. The lowest BCUT2D eigenvalue weighted by molar-refractivity contribution is -0.141. The van der Waals surface area contributed by atoms with E-state index in [4.69, 9.17) is 0 Å². The molecule has 0 aliphatic carbocycles. The monoisotopic (exact) mass is 369 g/mol. The van der Waals surface area contributed by atoms with Gasteiger partial charge < -0.3 is 15.1 Å². The molecule has 0 bridgehead atoms. The van der Waals surface area contributed by atoms with Crippen molar-refractivity contribution >= 4 is 24.0 Å². The molecule has 3 amide bonds. The molecule has 0 radical (unpaired) electrons. The van der Waals surface area contributed by atoms with Crippen molar-refractivity contribution in [1.82, 2.24) is 14.8 Å². The van der Waals surface area contributed by atoms with Crippen LogP contribution < -0.4 is 5.32 Å². The minimum atomic E-state index is -0.970. The van der Waals surface area contributed by atoms with Gasteiger partial charge in [-0.25, -0.2) is 4.98 Å². The standard InChI is InChI=1S/C19H23N5O3/c1-12(2)7-15(23(3)11-25)17(26)24-10-19(8-13(24)9-20)14-5-4-6-21-16(14)22-18(19)27/h4-6,11-13,15H,7-8,10H2,1-3H3,(H,21,22,27)/t13?,15?,19-/m0/s1. The van der Waals surface area contributed by atoms with Crippen molar-refractivity contribution in [3.63, 3.8) is 0 Å². The molecule has 1 spiro atoms. The molecule has 8 heteroatoms. The van der Waals surface area contributed by atoms with E-state index in [9.17, 15) is 19.6 Å². The number of aromatic nitrogens is 1. The number of amides is 3. The molecule has 1 aromatic rings. The molecule has 3 heterocycles. The van der Waals surface area contributed by atoms with Gasteiger partial charge in [0, 0.05) is 31.8 Å². The Hall–Kier alpha value is -2.95. The van der Waals surface area contributed by atoms with Gasteiger partial charge in [0.25, 0.3) is 0 Å². The highest BCUT2D eigenvalue weighted by molar-refractivity contribution is 6.06. The molecule has 142 valence electrons. The Morgan fingerprint density at radius 3 is 2.96 bits per heavy atom. The highest BCUT2D eigenvalue weighted by atomic mass is 16.2. The van der Waals surface area contributed by atoms with Crippen molar-refractivity contribution in [3.05, 3.63) is 23.9 Å². The number of likely N-dealkylation sites (tertiary alicyclic amines) is 1. The number of carbonyl (C=O) groups is 3. The van der Waals surface area contributed by atoms with Crippen LogP contribution in [0.2, 0.25) is 0 Å². The Kier molecular flexibility index (Phi) is 4.87. The summed E-state index contributed by atoms with van der Waals surface area (Å²) >= 11 is 0. The van der Waals surface area contributed by atoms with Gasteiger partial charge in [0.05, 0.1) is 11.5 Å². The van der Waals surface area contributed by atoms with Crippen LogP contribution in [-0.2, 0) is 19.8 Å². The van der Waals surface area contributed by atoms with Crippen LogP contribution in [0.15, 0.2) is 18.3 Å². The number of nitrogens with zero attached hydrogens (tertiary/aromatic N) is 4. The summed E-state index contributed by atoms with van der Waals surface area (Å²) < 4.78 is 0. The summed E-state index contributed by atoms with van der Waals surface area (Å²) in [6.45, 7) is 4.05. The van der Waals surface area contributed by atoms with Crippen LogP contribution in [-0.4, -0.2) is 58.7 Å². The van der Waals surface area contributed by atoms with Gasteiger partial charge in [0.1, 0.15) is 17.9 Å². The number of nitrogens with one attached hydrogen (secondary N) is 1. The fourth-order valence-electron chi connectivity index (χ4n) is 4.01. The summed E-state index contributed by atoms with van der Waals surface area (Å²) in [5.41, 5.74) is -0.253. The quantitative estimate of drug-likeness (QED) is 0.776. The summed E-state index contributed by atoms with van der Waals surface area (Å²) in [5.74, 6) is 0.137. The molecule has 27 heavy (non-hydrogen) atoms. The van der Waals surface area contributed by atoms with Crippen LogP contribution >= 0.6 is 0 Å². The number of pyridine rings is 1. The fraction of sp³-hybridized carbons (Fsp3) is 0.526. The molecular weight excluding hydrogens is 346 g/mol. The first-order valence-electron chi connectivity index (χ1n) is 8.98. The van der Waals surface area contributed by atoms with Gasteiger partial charge in [0.15, 0.2) is 0 Å². The fourth-order valence-corrected chi connectivity index (χ4v) is 4.01. The first kappa shape index (κ1) is 18.8. The van der Waals surface area contributed by atoms with Crippen LogP contribution in [0.3, 0.4) is 0 Å². The molecule has 0 aromatic carbocycles. The average molecular weight is 369 g/mol. The molecule has 3 atom stereocenters. The summed E-state index contributed by atoms with van der Waals surface area (Å²) in [6, 6.07) is 4.32. The predicted molar refractivity (Wildman–Crippen MR) is 97.3 cm³/mol. The van der Waals surface area contributed by atoms with E-state index in [0.29, 0.717) is 18.6 Å². The summed E-state index contributed by atoms with van der Waals surface area (Å²) in [6.07, 6.45) is 2.92. The number of fused-ring (bicyclic) bond motifs is 2. The average Bonchev–Trinajstić information content (AvgIpc) is 3.18. The van der Waals surface area contributed by atoms with E-state index in [2.05, 4.69) is 16.4 Å². The van der Waals surface area contributed by atoms with Crippen LogP contribution in [0.25, 0.3) is 0 Å². The van der Waals surface area contributed by atoms with Crippen molar-refractivity contribution in [2.45, 2.75) is 44.2 Å². The van der Waals surface area contributed by atoms with Gasteiger partial charge in [-0.3, -0.25) is 14.4 Å². The van der Waals surface area contributed by atoms with E-state index in [1.54, 1.807) is 19.3 Å². The van der Waals surface area contributed by atoms with Crippen molar-refractivity contribution in [3.8, 4) is 6.07 Å². The number of carbonyl (C=O) groups excluding carboxylic acids is 3. The number of likely N-dealkylation sites (N-methyl/N-ethyl adjacent to an activating group) is 1. The van der Waals surface area contributed by atoms with E-state index >= 15 is 0 Å². The second kappa shape index (κ2) is 6.99. The highest BCUT2D eigenvalue weighted by Crippen LogP contribution is 2.45. The zero-order valence-corrected chi connectivity index (χ0v) is 15.7. The lowest BCUT2D eigenvalue weighted by Crippen LogP contribution is -2.50. The zero-order valence-electron chi connectivity index (χ0n) is 15.7. The summed E-state index contributed by atoms with van der Waals surface area (Å²) in [4.78, 5) is 44.3. The van der Waals surface area contributed by atoms with E-state index in [1.807, 2.05) is 19.9 Å². The van der Waals surface area contributed by atoms with Gasteiger partial charge in [-0.1, -0.05) is 19.9 Å². The van der Waals surface area contributed by atoms with Gasteiger partial charge in [-0.2, -0.15) is 5.26 Å². The smallest absolute Gasteiger partial charge is 0.246 e. The molecule has 3 rings (SSSR count). The molecule has 2 aliphatic heterocycles. The molecule has 1 N–H and O–H groups in total. The molecular formula is C19H23N5O3. The number of hydrogen-bond acceptors (Lipinski definition) is 5. The normalized spacial score (nSPS) is 24.5. The molecule has 1 fully saturated rings. The number of anilines is 1. The SMILES string of the molecule is CC(C)CC(C(=O)N1C[C@]2(CC1C#N)C(=O)Nc1ncccc12)N(C)C=O. The Labute approximate surface area is 158 Å². The lowest BCUT2D eigenvalue weighted by atomic mass is 9.80. The van der Waals surface area contributed by atoms with E-state index in [1.165, 1.54) is 9.80 Å². The minimum Gasteiger partial charge on any atom is -0.336 e. The van der Waals surface area contributed by atoms with Crippen molar-refractivity contribution in [2.75, 3.05) is 18.9 Å². The molecule has 1 saturated heterocycles. The van der Waals surface area contributed by atoms with Crippen LogP contribution in [0.5, 0.6) is 0 Å². The maximum Gasteiger partial charge on any atom is 0.246 e. The molecule has 8 nitrogen and oxygen atoms in total. The van der Waals surface area contributed by atoms with Gasteiger partial charge in [-0.05, 0) is 18.4 Å². The third kappa shape index (κ3) is 3.03. The van der Waals surface area contributed by atoms with E-state index in [-0.39, 0.29) is 30.7 Å². The van der Waals surface area contributed by atoms with Crippen molar-refractivity contribution < 1.29 is 14.4 Å². The molecule has 0 saturated carbocycles. The minimum absolute atomic E-state index is 0.107. The van der Waals surface area contributed by atoms with Gasteiger partial charge in [0.2, 0.25) is 18.2 Å². The highest BCUT2D eigenvalue weighted by Gasteiger charge is 2.57. The summed E-state index contributed by atoms with van der Waals surface area (Å²) in [5, 5.41) is 12.4. The van der Waals surface area contributed by atoms with E-state index < -0.39 is 17.5 Å². The molecule has 2 unspecified atom stereocenters. The van der Waals surface area contributed by atoms with E-state index in [0.717, 1.165) is 5.56 Å². The maximum atomic E-state index is 13.2. The molecule has 1 aromatic heterocycles. The Bertz CT molecular complexity index is 818. The summed E-state index contributed by atoms with van der Waals surface area (Å²) in [7, 11) is 1.56. The van der Waals surface area contributed by atoms with Crippen LogP contribution in [0, 0.1) is 17.2 Å². The third-order valence-electron chi connectivity index (χ3n) is 5.42. The number of hydrogen-bond donors (Lipinski definition) is 1. The second-order valence-corrected chi connectivity index (χ2v) is 7.67. The Morgan fingerprint density at radius 1 is 1.59 bits per heavy atom. The third-order valence-corrected chi connectivity index (χ3v) is 5.42.